The summed E-state index contributed by atoms with van der Waals surface area (Å²) in [5.41, 5.74) is 0.724. The predicted molar refractivity (Wildman–Crippen MR) is 173 cm³/mol. The summed E-state index contributed by atoms with van der Waals surface area (Å²) in [6.45, 7) is 4.76. The van der Waals surface area contributed by atoms with Crippen molar-refractivity contribution < 1.29 is 37.0 Å². The van der Waals surface area contributed by atoms with E-state index in [0.29, 0.717) is 17.1 Å². The maximum atomic E-state index is 14.4. The number of benzene rings is 3. The second kappa shape index (κ2) is 15.7. The summed E-state index contributed by atoms with van der Waals surface area (Å²) < 4.78 is 51.1. The van der Waals surface area contributed by atoms with Crippen molar-refractivity contribution in [3.05, 3.63) is 71.2 Å². The second-order valence-electron chi connectivity index (χ2n) is 10.3. The van der Waals surface area contributed by atoms with Gasteiger partial charge in [0.2, 0.25) is 11.8 Å². The van der Waals surface area contributed by atoms with Gasteiger partial charge in [0.05, 0.1) is 39.0 Å². The van der Waals surface area contributed by atoms with Crippen LogP contribution in [0.4, 0.5) is 5.69 Å². The van der Waals surface area contributed by atoms with E-state index in [0.717, 1.165) is 4.31 Å². The van der Waals surface area contributed by atoms with Gasteiger partial charge in [0.25, 0.3) is 10.0 Å². The molecule has 0 aliphatic carbocycles. The number of carbonyl (C=O) groups excluding carboxylic acids is 2. The van der Waals surface area contributed by atoms with Crippen molar-refractivity contribution >= 4 is 39.1 Å². The SMILES string of the molecule is CC[C@H](C(=O)NC(C)C)N(Cc1cccc(OC)c1)C(=O)CN(c1cc(Cl)ccc1OC)S(=O)(=O)c1ccc(OC)c(OC)c1. The van der Waals surface area contributed by atoms with E-state index in [1.165, 1.54) is 63.7 Å². The molecule has 11 nitrogen and oxygen atoms in total. The highest BCUT2D eigenvalue weighted by Gasteiger charge is 2.35. The van der Waals surface area contributed by atoms with Crippen LogP contribution in [0, 0.1) is 0 Å². The third kappa shape index (κ3) is 8.52. The Balaban J connectivity index is 2.19. The quantitative estimate of drug-likeness (QED) is 0.244. The van der Waals surface area contributed by atoms with Crippen molar-refractivity contribution in [3.8, 4) is 23.0 Å². The Bertz CT molecular complexity index is 1600. The van der Waals surface area contributed by atoms with Crippen LogP contribution in [0.15, 0.2) is 65.6 Å². The first-order chi connectivity index (χ1) is 21.4. The van der Waals surface area contributed by atoms with Crippen molar-refractivity contribution in [3.63, 3.8) is 0 Å². The van der Waals surface area contributed by atoms with Gasteiger partial charge in [0.1, 0.15) is 24.1 Å². The van der Waals surface area contributed by atoms with Crippen LogP contribution < -0.4 is 28.6 Å². The standard InChI is InChI=1S/C32H40ClN3O8S/c1-8-26(32(38)34-21(2)3)35(19-22-10-9-11-24(16-22)41-4)31(37)20-36(27-17-23(33)12-14-28(27)42-5)45(39,40)25-13-15-29(43-6)30(18-25)44-7/h9-18,21,26H,8,19-20H2,1-7H3,(H,34,38)/t26-/m1/s1. The Morgan fingerprint density at radius 2 is 1.53 bits per heavy atom. The van der Waals surface area contributed by atoms with Gasteiger partial charge in [-0.2, -0.15) is 0 Å². The van der Waals surface area contributed by atoms with E-state index in [4.69, 9.17) is 30.5 Å². The fourth-order valence-corrected chi connectivity index (χ4v) is 6.34. The maximum absolute atomic E-state index is 14.4. The van der Waals surface area contributed by atoms with Gasteiger partial charge < -0.3 is 29.2 Å². The molecule has 0 spiro atoms. The lowest BCUT2D eigenvalue weighted by Gasteiger charge is -2.34. The van der Waals surface area contributed by atoms with E-state index >= 15 is 0 Å². The molecule has 0 bridgehead atoms. The Hall–Kier alpha value is -4.16. The molecule has 0 aliphatic heterocycles. The molecule has 1 atom stereocenters. The molecular weight excluding hydrogens is 622 g/mol. The van der Waals surface area contributed by atoms with Crippen LogP contribution in [0.25, 0.3) is 0 Å². The Kier molecular flexibility index (Phi) is 12.3. The second-order valence-corrected chi connectivity index (χ2v) is 12.6. The number of hydrogen-bond acceptors (Lipinski definition) is 8. The molecule has 13 heteroatoms. The molecule has 3 aromatic rings. The zero-order valence-electron chi connectivity index (χ0n) is 26.5. The number of anilines is 1. The molecule has 1 N–H and O–H groups in total. The van der Waals surface area contributed by atoms with Crippen molar-refractivity contribution in [2.24, 2.45) is 0 Å². The van der Waals surface area contributed by atoms with E-state index in [1.807, 2.05) is 13.8 Å². The first kappa shape index (κ1) is 35.3. The number of nitrogens with one attached hydrogen (secondary N) is 1. The largest absolute Gasteiger partial charge is 0.497 e. The number of carbonyl (C=O) groups is 2. The van der Waals surface area contributed by atoms with E-state index < -0.39 is 28.5 Å². The first-order valence-corrected chi connectivity index (χ1v) is 16.0. The van der Waals surface area contributed by atoms with Gasteiger partial charge in [0, 0.05) is 23.7 Å². The Morgan fingerprint density at radius 1 is 0.867 bits per heavy atom. The predicted octanol–water partition coefficient (Wildman–Crippen LogP) is 4.90. The highest BCUT2D eigenvalue weighted by atomic mass is 35.5. The topological polar surface area (TPSA) is 124 Å². The summed E-state index contributed by atoms with van der Waals surface area (Å²) in [5, 5.41) is 3.10. The molecule has 0 fully saturated rings. The summed E-state index contributed by atoms with van der Waals surface area (Å²) in [5.74, 6) is 0.249. The van der Waals surface area contributed by atoms with Crippen molar-refractivity contribution in [1.29, 1.82) is 0 Å². The average Bonchev–Trinajstić information content (AvgIpc) is 3.02. The van der Waals surface area contributed by atoms with Crippen LogP contribution in [-0.2, 0) is 26.2 Å². The third-order valence-corrected chi connectivity index (χ3v) is 8.93. The van der Waals surface area contributed by atoms with Gasteiger partial charge in [-0.15, -0.1) is 0 Å². The molecule has 0 heterocycles. The van der Waals surface area contributed by atoms with Gasteiger partial charge in [-0.1, -0.05) is 30.7 Å². The molecule has 244 valence electrons. The minimum absolute atomic E-state index is 0.0109. The van der Waals surface area contributed by atoms with Gasteiger partial charge >= 0.3 is 0 Å². The number of rotatable bonds is 15. The first-order valence-electron chi connectivity index (χ1n) is 14.2. The van der Waals surface area contributed by atoms with Crippen LogP contribution >= 0.6 is 11.6 Å². The molecule has 0 radical (unpaired) electrons. The van der Waals surface area contributed by atoms with E-state index in [-0.39, 0.29) is 52.0 Å². The Morgan fingerprint density at radius 3 is 2.13 bits per heavy atom. The van der Waals surface area contributed by atoms with Crippen molar-refractivity contribution in [1.82, 2.24) is 10.2 Å². The third-order valence-electron chi connectivity index (χ3n) is 6.94. The van der Waals surface area contributed by atoms with Gasteiger partial charge in [-0.25, -0.2) is 8.42 Å². The highest BCUT2D eigenvalue weighted by molar-refractivity contribution is 7.92. The molecule has 0 unspecified atom stereocenters. The molecule has 0 saturated heterocycles. The van der Waals surface area contributed by atoms with E-state index in [2.05, 4.69) is 5.32 Å². The highest BCUT2D eigenvalue weighted by Crippen LogP contribution is 2.37. The molecule has 0 saturated carbocycles. The molecule has 0 aromatic heterocycles. The number of halogens is 1. The number of amides is 2. The maximum Gasteiger partial charge on any atom is 0.265 e. The van der Waals surface area contributed by atoms with Crippen LogP contribution in [0.1, 0.15) is 32.8 Å². The van der Waals surface area contributed by atoms with Crippen LogP contribution in [-0.4, -0.2) is 72.2 Å². The fraction of sp³-hybridized carbons (Fsp3) is 0.375. The lowest BCUT2D eigenvalue weighted by Crippen LogP contribution is -2.53. The number of ether oxygens (including phenoxy) is 4. The summed E-state index contributed by atoms with van der Waals surface area (Å²) in [6, 6.07) is 14.6. The fourth-order valence-electron chi connectivity index (χ4n) is 4.74. The minimum atomic E-state index is -4.45. The lowest BCUT2D eigenvalue weighted by molar-refractivity contribution is -0.140. The average molecular weight is 662 g/mol. The summed E-state index contributed by atoms with van der Waals surface area (Å²) >= 11 is 6.33. The number of hydrogen-bond donors (Lipinski definition) is 1. The zero-order valence-corrected chi connectivity index (χ0v) is 28.1. The normalized spacial score (nSPS) is 11.8. The number of nitrogens with zero attached hydrogens (tertiary/aromatic N) is 2. The summed E-state index contributed by atoms with van der Waals surface area (Å²) in [7, 11) is 1.28. The van der Waals surface area contributed by atoms with E-state index in [9.17, 15) is 18.0 Å². The Labute approximate surface area is 270 Å². The van der Waals surface area contributed by atoms with Gasteiger partial charge in [-0.3, -0.25) is 13.9 Å². The lowest BCUT2D eigenvalue weighted by atomic mass is 10.1. The zero-order chi connectivity index (χ0) is 33.3. The molecule has 3 rings (SSSR count). The molecule has 2 amide bonds. The molecular formula is C32H40ClN3O8S. The monoisotopic (exact) mass is 661 g/mol. The number of sulfonamides is 1. The summed E-state index contributed by atoms with van der Waals surface area (Å²) in [4.78, 5) is 28.9. The van der Waals surface area contributed by atoms with Crippen molar-refractivity contribution in [2.45, 2.75) is 50.7 Å². The molecule has 3 aromatic carbocycles. The molecule has 0 aliphatic rings. The van der Waals surface area contributed by atoms with Crippen LogP contribution in [0.3, 0.4) is 0 Å². The van der Waals surface area contributed by atoms with E-state index in [1.54, 1.807) is 37.3 Å². The number of methoxy groups -OCH3 is 4. The van der Waals surface area contributed by atoms with Gasteiger partial charge in [-0.05, 0) is 68.3 Å². The van der Waals surface area contributed by atoms with Gasteiger partial charge in [0.15, 0.2) is 11.5 Å². The van der Waals surface area contributed by atoms with Crippen LogP contribution in [0.2, 0.25) is 5.02 Å². The van der Waals surface area contributed by atoms with Crippen LogP contribution in [0.5, 0.6) is 23.0 Å². The van der Waals surface area contributed by atoms with Crippen molar-refractivity contribution in [2.75, 3.05) is 39.3 Å². The minimum Gasteiger partial charge on any atom is -0.497 e. The molecule has 45 heavy (non-hydrogen) atoms. The smallest absolute Gasteiger partial charge is 0.265 e. The summed E-state index contributed by atoms with van der Waals surface area (Å²) in [6.07, 6.45) is 0.275.